The maximum atomic E-state index is 12.9. The van der Waals surface area contributed by atoms with Crippen molar-refractivity contribution in [1.29, 1.82) is 0 Å². The third-order valence-corrected chi connectivity index (χ3v) is 5.06. The zero-order chi connectivity index (χ0) is 14.9. The van der Waals surface area contributed by atoms with Crippen LogP contribution < -0.4 is 0 Å². The molecule has 3 rings (SSSR count). The number of hydrogen-bond donors (Lipinski definition) is 0. The van der Waals surface area contributed by atoms with Crippen LogP contribution in [-0.4, -0.2) is 59.1 Å². The summed E-state index contributed by atoms with van der Waals surface area (Å²) in [6.07, 6.45) is 5.31. The van der Waals surface area contributed by atoms with Gasteiger partial charge in [0, 0.05) is 24.4 Å². The first kappa shape index (κ1) is 14.5. The van der Waals surface area contributed by atoms with Gasteiger partial charge in [0.25, 0.3) is 0 Å². The summed E-state index contributed by atoms with van der Waals surface area (Å²) in [6, 6.07) is 0. The van der Waals surface area contributed by atoms with Crippen molar-refractivity contribution < 1.29 is 9.32 Å². The number of amides is 1. The van der Waals surface area contributed by atoms with Crippen molar-refractivity contribution in [2.45, 2.75) is 38.5 Å². The Hall–Kier alpha value is -1.43. The number of piperidine rings is 2. The van der Waals surface area contributed by atoms with Crippen LogP contribution in [0.4, 0.5) is 0 Å². The Kier molecular flexibility index (Phi) is 3.97. The van der Waals surface area contributed by atoms with Crippen LogP contribution in [0.3, 0.4) is 0 Å². The van der Waals surface area contributed by atoms with E-state index in [1.54, 1.807) is 0 Å². The predicted molar refractivity (Wildman–Crippen MR) is 77.7 cm³/mol. The van der Waals surface area contributed by atoms with Crippen molar-refractivity contribution in [2.75, 3.05) is 33.2 Å². The molecule has 6 nitrogen and oxygen atoms in total. The second kappa shape index (κ2) is 5.75. The van der Waals surface area contributed by atoms with Gasteiger partial charge in [-0.15, -0.1) is 0 Å². The molecule has 0 aromatic carbocycles. The molecule has 0 saturated carbocycles. The van der Waals surface area contributed by atoms with Gasteiger partial charge in [-0.2, -0.15) is 4.98 Å². The molecule has 0 bridgehead atoms. The van der Waals surface area contributed by atoms with E-state index in [0.29, 0.717) is 5.91 Å². The normalized spacial score (nSPS) is 26.8. The first-order valence-electron chi connectivity index (χ1n) is 7.83. The molecule has 2 aliphatic heterocycles. The Morgan fingerprint density at radius 1 is 1.38 bits per heavy atom. The Morgan fingerprint density at radius 2 is 2.14 bits per heavy atom. The fourth-order valence-electron chi connectivity index (χ4n) is 3.44. The highest BCUT2D eigenvalue weighted by atomic mass is 16.5. The van der Waals surface area contributed by atoms with Gasteiger partial charge >= 0.3 is 0 Å². The minimum Gasteiger partial charge on any atom is -0.343 e. The summed E-state index contributed by atoms with van der Waals surface area (Å²) in [5.74, 6) is 1.26. The van der Waals surface area contributed by atoms with Crippen molar-refractivity contribution in [2.24, 2.45) is 5.41 Å². The van der Waals surface area contributed by atoms with Crippen molar-refractivity contribution in [3.8, 4) is 0 Å². The van der Waals surface area contributed by atoms with Crippen molar-refractivity contribution in [3.05, 3.63) is 12.2 Å². The highest BCUT2D eigenvalue weighted by Gasteiger charge is 2.40. The molecule has 3 heterocycles. The molecule has 6 heteroatoms. The third kappa shape index (κ3) is 2.95. The van der Waals surface area contributed by atoms with E-state index in [0.717, 1.165) is 57.7 Å². The number of likely N-dealkylation sites (tertiary alicyclic amines) is 2. The molecule has 116 valence electrons. The zero-order valence-electron chi connectivity index (χ0n) is 12.9. The van der Waals surface area contributed by atoms with Crippen LogP contribution in [0.25, 0.3) is 0 Å². The molecule has 2 fully saturated rings. The largest absolute Gasteiger partial charge is 0.343 e. The van der Waals surface area contributed by atoms with Crippen molar-refractivity contribution in [1.82, 2.24) is 19.9 Å². The molecular weight excluding hydrogens is 268 g/mol. The molecule has 2 aliphatic rings. The average Bonchev–Trinajstić information content (AvgIpc) is 3.04. The fourth-order valence-corrected chi connectivity index (χ4v) is 3.44. The lowest BCUT2D eigenvalue weighted by molar-refractivity contribution is -0.145. The molecule has 1 unspecified atom stereocenters. The summed E-state index contributed by atoms with van der Waals surface area (Å²) in [5, 5.41) is 3.94. The quantitative estimate of drug-likeness (QED) is 0.827. The summed E-state index contributed by atoms with van der Waals surface area (Å²) in [6.45, 7) is 5.72. The van der Waals surface area contributed by atoms with Crippen LogP contribution in [0.5, 0.6) is 0 Å². The molecule has 21 heavy (non-hydrogen) atoms. The Bertz CT molecular complexity index is 480. The Balaban J connectivity index is 1.67. The molecule has 1 aromatic rings. The molecule has 1 atom stereocenters. The lowest BCUT2D eigenvalue weighted by atomic mass is 9.78. The van der Waals surface area contributed by atoms with Crippen LogP contribution in [0.2, 0.25) is 0 Å². The lowest BCUT2D eigenvalue weighted by Gasteiger charge is -2.42. The van der Waals surface area contributed by atoms with Gasteiger partial charge < -0.3 is 14.3 Å². The van der Waals surface area contributed by atoms with Crippen LogP contribution in [0.1, 0.15) is 44.3 Å². The van der Waals surface area contributed by atoms with Crippen LogP contribution in [0, 0.1) is 5.41 Å². The topological polar surface area (TPSA) is 62.5 Å². The number of aromatic nitrogens is 2. The number of nitrogens with zero attached hydrogens (tertiary/aromatic N) is 4. The Morgan fingerprint density at radius 3 is 2.81 bits per heavy atom. The minimum absolute atomic E-state index is 0.203. The first-order chi connectivity index (χ1) is 10.1. The van der Waals surface area contributed by atoms with E-state index in [4.69, 9.17) is 4.52 Å². The van der Waals surface area contributed by atoms with Gasteiger partial charge in [0.05, 0.1) is 0 Å². The van der Waals surface area contributed by atoms with Crippen LogP contribution in [0.15, 0.2) is 10.9 Å². The van der Waals surface area contributed by atoms with E-state index in [2.05, 4.69) is 29.0 Å². The van der Waals surface area contributed by atoms with Crippen LogP contribution in [-0.2, 0) is 4.79 Å². The fraction of sp³-hybridized carbons (Fsp3) is 0.800. The minimum atomic E-state index is -0.203. The zero-order valence-corrected chi connectivity index (χ0v) is 12.9. The SMILES string of the molecule is CN1CCC(C)(C(=O)N2CCCC(c3ncon3)C2)CC1. The van der Waals surface area contributed by atoms with Gasteiger partial charge in [-0.3, -0.25) is 4.79 Å². The van der Waals surface area contributed by atoms with Gasteiger partial charge in [-0.25, -0.2) is 0 Å². The van der Waals surface area contributed by atoms with Gasteiger partial charge in [0.1, 0.15) is 0 Å². The highest BCUT2D eigenvalue weighted by molar-refractivity contribution is 5.82. The van der Waals surface area contributed by atoms with Crippen LogP contribution >= 0.6 is 0 Å². The number of rotatable bonds is 2. The average molecular weight is 292 g/mol. The van der Waals surface area contributed by atoms with Crippen molar-refractivity contribution in [3.63, 3.8) is 0 Å². The van der Waals surface area contributed by atoms with E-state index < -0.39 is 0 Å². The Labute approximate surface area is 125 Å². The monoisotopic (exact) mass is 292 g/mol. The predicted octanol–water partition coefficient (Wildman–Crippen LogP) is 1.51. The standard InChI is InChI=1S/C15H24N4O2/c1-15(5-8-18(2)9-6-15)14(20)19-7-3-4-12(10-19)13-16-11-21-17-13/h11-12H,3-10H2,1-2H3. The van der Waals surface area contributed by atoms with E-state index in [9.17, 15) is 4.79 Å². The maximum absolute atomic E-state index is 12.9. The number of carbonyl (C=O) groups is 1. The summed E-state index contributed by atoms with van der Waals surface area (Å²) < 4.78 is 4.84. The van der Waals surface area contributed by atoms with Gasteiger partial charge in [0.2, 0.25) is 12.3 Å². The van der Waals surface area contributed by atoms with E-state index in [1.165, 1.54) is 6.39 Å². The van der Waals surface area contributed by atoms with Gasteiger partial charge in [-0.05, 0) is 45.8 Å². The summed E-state index contributed by atoms with van der Waals surface area (Å²) >= 11 is 0. The van der Waals surface area contributed by atoms with E-state index >= 15 is 0 Å². The number of hydrogen-bond acceptors (Lipinski definition) is 5. The smallest absolute Gasteiger partial charge is 0.228 e. The van der Waals surface area contributed by atoms with Gasteiger partial charge in [-0.1, -0.05) is 12.1 Å². The molecule has 1 aromatic heterocycles. The summed E-state index contributed by atoms with van der Waals surface area (Å²) in [5.41, 5.74) is -0.203. The van der Waals surface area contributed by atoms with E-state index in [-0.39, 0.29) is 11.3 Å². The maximum Gasteiger partial charge on any atom is 0.228 e. The number of carbonyl (C=O) groups excluding carboxylic acids is 1. The molecule has 0 aliphatic carbocycles. The molecule has 0 N–H and O–H groups in total. The second-order valence-corrected chi connectivity index (χ2v) is 6.74. The summed E-state index contributed by atoms with van der Waals surface area (Å²) in [4.78, 5) is 21.4. The molecule has 1 amide bonds. The molecule has 0 radical (unpaired) electrons. The lowest BCUT2D eigenvalue weighted by Crippen LogP contribution is -2.50. The molecular formula is C15H24N4O2. The molecule has 0 spiro atoms. The summed E-state index contributed by atoms with van der Waals surface area (Å²) in [7, 11) is 2.12. The van der Waals surface area contributed by atoms with Gasteiger partial charge in [0.15, 0.2) is 5.82 Å². The first-order valence-corrected chi connectivity index (χ1v) is 7.83. The molecule has 2 saturated heterocycles. The highest BCUT2D eigenvalue weighted by Crippen LogP contribution is 2.35. The van der Waals surface area contributed by atoms with Crippen molar-refractivity contribution >= 4 is 5.91 Å². The third-order valence-electron chi connectivity index (χ3n) is 5.06. The van der Waals surface area contributed by atoms with E-state index in [1.807, 2.05) is 4.90 Å². The second-order valence-electron chi connectivity index (χ2n) is 6.74.